The summed E-state index contributed by atoms with van der Waals surface area (Å²) in [5.74, 6) is 4.62. The van der Waals surface area contributed by atoms with E-state index in [4.69, 9.17) is 5.84 Å². The first kappa shape index (κ1) is 12.8. The zero-order valence-electron chi connectivity index (χ0n) is 10.4. The van der Waals surface area contributed by atoms with Gasteiger partial charge in [0, 0.05) is 31.7 Å². The monoisotopic (exact) mass is 242 g/mol. The van der Waals surface area contributed by atoms with Gasteiger partial charge in [0.15, 0.2) is 0 Å². The van der Waals surface area contributed by atoms with Crippen LogP contribution in [0.5, 0.6) is 0 Å². The van der Waals surface area contributed by atoms with Crippen LogP contribution in [-0.2, 0) is 9.63 Å². The Balaban J connectivity index is 1.78. The lowest BCUT2D eigenvalue weighted by molar-refractivity contribution is -0.151. The second-order valence-electron chi connectivity index (χ2n) is 4.98. The van der Waals surface area contributed by atoms with Gasteiger partial charge in [-0.05, 0) is 26.3 Å². The van der Waals surface area contributed by atoms with Gasteiger partial charge in [-0.25, -0.2) is 5.84 Å². The van der Waals surface area contributed by atoms with Crippen molar-refractivity contribution in [3.63, 3.8) is 0 Å². The molecular formula is C11H22N4O2. The average molecular weight is 242 g/mol. The van der Waals surface area contributed by atoms with Crippen molar-refractivity contribution in [2.24, 2.45) is 5.84 Å². The van der Waals surface area contributed by atoms with Crippen LogP contribution in [0.2, 0.25) is 0 Å². The van der Waals surface area contributed by atoms with Gasteiger partial charge in [-0.2, -0.15) is 0 Å². The molecule has 2 rings (SSSR count). The standard InChI is InChI=1S/C11H22N4O2/c1-9-7-15-5-2-3-10(15)8-14(9)6-4-11(16)17-13-12/h9-10,13H,2-8,12H2,1H3. The minimum Gasteiger partial charge on any atom is -0.356 e. The number of carbonyl (C=O) groups excluding carboxylic acids is 1. The minimum absolute atomic E-state index is 0.298. The first-order valence-electron chi connectivity index (χ1n) is 6.34. The van der Waals surface area contributed by atoms with Crippen LogP contribution in [0.25, 0.3) is 0 Å². The number of hydrogen-bond donors (Lipinski definition) is 2. The molecule has 0 spiro atoms. The molecule has 2 aliphatic rings. The lowest BCUT2D eigenvalue weighted by Gasteiger charge is -2.42. The highest BCUT2D eigenvalue weighted by Gasteiger charge is 2.34. The van der Waals surface area contributed by atoms with Gasteiger partial charge in [-0.15, -0.1) is 0 Å². The normalized spacial score (nSPS) is 30.2. The van der Waals surface area contributed by atoms with Crippen molar-refractivity contribution in [1.82, 2.24) is 15.4 Å². The molecule has 2 saturated heterocycles. The summed E-state index contributed by atoms with van der Waals surface area (Å²) < 4.78 is 0. The number of carbonyl (C=O) groups is 1. The molecule has 2 fully saturated rings. The Bertz CT molecular complexity index is 274. The van der Waals surface area contributed by atoms with Gasteiger partial charge in [0.05, 0.1) is 6.42 Å². The topological polar surface area (TPSA) is 70.8 Å². The number of rotatable bonds is 4. The van der Waals surface area contributed by atoms with E-state index in [0.717, 1.165) is 19.6 Å². The van der Waals surface area contributed by atoms with Crippen LogP contribution in [-0.4, -0.2) is 54.0 Å². The molecule has 0 saturated carbocycles. The van der Waals surface area contributed by atoms with Crippen LogP contribution >= 0.6 is 0 Å². The Hall–Kier alpha value is -0.690. The van der Waals surface area contributed by atoms with Crippen LogP contribution in [0.1, 0.15) is 26.2 Å². The molecule has 3 N–H and O–H groups in total. The zero-order valence-corrected chi connectivity index (χ0v) is 10.4. The Kier molecular flexibility index (Phi) is 4.33. The van der Waals surface area contributed by atoms with Crippen molar-refractivity contribution in [3.8, 4) is 0 Å². The summed E-state index contributed by atoms with van der Waals surface area (Å²) in [6.45, 7) is 6.41. The second-order valence-corrected chi connectivity index (χ2v) is 4.98. The Morgan fingerprint density at radius 3 is 3.12 bits per heavy atom. The van der Waals surface area contributed by atoms with Crippen molar-refractivity contribution in [1.29, 1.82) is 0 Å². The van der Waals surface area contributed by atoms with Crippen LogP contribution in [0.3, 0.4) is 0 Å². The van der Waals surface area contributed by atoms with E-state index in [-0.39, 0.29) is 5.97 Å². The molecule has 2 heterocycles. The molecular weight excluding hydrogens is 220 g/mol. The molecule has 0 bridgehead atoms. The van der Waals surface area contributed by atoms with Crippen molar-refractivity contribution in [3.05, 3.63) is 0 Å². The molecule has 2 unspecified atom stereocenters. The Morgan fingerprint density at radius 1 is 1.53 bits per heavy atom. The number of hydrogen-bond acceptors (Lipinski definition) is 6. The first-order valence-corrected chi connectivity index (χ1v) is 6.34. The molecule has 2 atom stereocenters. The quantitative estimate of drug-likeness (QED) is 0.510. The Labute approximate surface area is 102 Å². The van der Waals surface area contributed by atoms with E-state index in [1.165, 1.54) is 19.4 Å². The Morgan fingerprint density at radius 2 is 2.35 bits per heavy atom. The summed E-state index contributed by atoms with van der Waals surface area (Å²) in [4.78, 5) is 20.7. The van der Waals surface area contributed by atoms with Gasteiger partial charge in [0.2, 0.25) is 0 Å². The van der Waals surface area contributed by atoms with Crippen LogP contribution in [0.4, 0.5) is 0 Å². The number of fused-ring (bicyclic) bond motifs is 1. The third-order valence-electron chi connectivity index (χ3n) is 3.84. The largest absolute Gasteiger partial charge is 0.356 e. The van der Waals surface area contributed by atoms with Crippen LogP contribution in [0.15, 0.2) is 0 Å². The first-order chi connectivity index (χ1) is 8.20. The van der Waals surface area contributed by atoms with E-state index in [1.54, 1.807) is 0 Å². The fraction of sp³-hybridized carbons (Fsp3) is 0.909. The molecule has 0 aromatic rings. The fourth-order valence-electron chi connectivity index (χ4n) is 2.91. The molecule has 0 amide bonds. The van der Waals surface area contributed by atoms with Crippen LogP contribution in [0, 0.1) is 0 Å². The van der Waals surface area contributed by atoms with Crippen molar-refractivity contribution in [2.75, 3.05) is 26.2 Å². The summed E-state index contributed by atoms with van der Waals surface area (Å²) in [5.41, 5.74) is 1.93. The number of nitrogens with two attached hydrogens (primary N) is 1. The van der Waals surface area contributed by atoms with Gasteiger partial charge in [0.1, 0.15) is 0 Å². The molecule has 2 aliphatic heterocycles. The van der Waals surface area contributed by atoms with E-state index < -0.39 is 0 Å². The molecule has 0 aliphatic carbocycles. The maximum Gasteiger partial charge on any atom is 0.327 e. The van der Waals surface area contributed by atoms with Gasteiger partial charge < -0.3 is 4.84 Å². The van der Waals surface area contributed by atoms with E-state index >= 15 is 0 Å². The highest BCUT2D eigenvalue weighted by atomic mass is 16.7. The lowest BCUT2D eigenvalue weighted by atomic mass is 10.1. The predicted molar refractivity (Wildman–Crippen MR) is 63.7 cm³/mol. The van der Waals surface area contributed by atoms with Crippen molar-refractivity contribution in [2.45, 2.75) is 38.3 Å². The summed E-state index contributed by atoms with van der Waals surface area (Å²) in [7, 11) is 0. The SMILES string of the molecule is CC1CN2CCCC2CN1CCC(=O)ONN. The molecule has 0 radical (unpaired) electrons. The van der Waals surface area contributed by atoms with Gasteiger partial charge in [-0.1, -0.05) is 5.59 Å². The maximum atomic E-state index is 11.2. The average Bonchev–Trinajstić information content (AvgIpc) is 2.73. The molecule has 0 aromatic carbocycles. The minimum atomic E-state index is -0.298. The van der Waals surface area contributed by atoms with E-state index in [1.807, 2.05) is 5.59 Å². The highest BCUT2D eigenvalue weighted by Crippen LogP contribution is 2.24. The smallest absolute Gasteiger partial charge is 0.327 e. The lowest BCUT2D eigenvalue weighted by Crippen LogP contribution is -2.55. The van der Waals surface area contributed by atoms with Gasteiger partial charge in [0.25, 0.3) is 0 Å². The highest BCUT2D eigenvalue weighted by molar-refractivity contribution is 5.69. The van der Waals surface area contributed by atoms with E-state index in [2.05, 4.69) is 21.6 Å². The molecule has 17 heavy (non-hydrogen) atoms. The molecule has 98 valence electrons. The van der Waals surface area contributed by atoms with Crippen molar-refractivity contribution >= 4 is 5.97 Å². The van der Waals surface area contributed by atoms with Gasteiger partial charge in [-0.3, -0.25) is 14.6 Å². The third-order valence-corrected chi connectivity index (χ3v) is 3.84. The molecule has 0 aromatic heterocycles. The van der Waals surface area contributed by atoms with E-state index in [9.17, 15) is 4.79 Å². The number of hydrazine groups is 1. The fourth-order valence-corrected chi connectivity index (χ4v) is 2.91. The summed E-state index contributed by atoms with van der Waals surface area (Å²) in [6, 6.07) is 1.21. The van der Waals surface area contributed by atoms with Crippen molar-refractivity contribution < 1.29 is 9.63 Å². The van der Waals surface area contributed by atoms with E-state index in [0.29, 0.717) is 18.5 Å². The summed E-state index contributed by atoms with van der Waals surface area (Å²) in [5, 5.41) is 0. The maximum absolute atomic E-state index is 11.2. The van der Waals surface area contributed by atoms with Gasteiger partial charge >= 0.3 is 5.97 Å². The number of nitrogens with one attached hydrogen (secondary N) is 1. The van der Waals surface area contributed by atoms with Crippen LogP contribution < -0.4 is 11.4 Å². The number of piperazine rings is 1. The zero-order chi connectivity index (χ0) is 12.3. The molecule has 6 heteroatoms. The summed E-state index contributed by atoms with van der Waals surface area (Å²) in [6.07, 6.45) is 2.99. The second kappa shape index (κ2) is 5.77. The summed E-state index contributed by atoms with van der Waals surface area (Å²) >= 11 is 0. The predicted octanol–water partition coefficient (Wildman–Crippen LogP) is -0.533. The third kappa shape index (κ3) is 3.16. The molecule has 6 nitrogen and oxygen atoms in total. The number of nitrogens with zero attached hydrogens (tertiary/aromatic N) is 2.